The molecule has 2 aromatic carbocycles. The molecule has 0 unspecified atom stereocenters. The molecule has 5 nitrogen and oxygen atoms in total. The normalized spacial score (nSPS) is 15.0. The lowest BCUT2D eigenvalue weighted by Crippen LogP contribution is -2.27. The Morgan fingerprint density at radius 3 is 2.33 bits per heavy atom. The van der Waals surface area contributed by atoms with E-state index in [1.165, 1.54) is 9.20 Å². The number of carbonyl (C=O) groups is 1. The molecule has 2 aromatic rings. The molecule has 1 saturated heterocycles. The Kier molecular flexibility index (Phi) is 6.93. The van der Waals surface area contributed by atoms with Gasteiger partial charge in [0.05, 0.1) is 4.90 Å². The SMILES string of the molecule is O=C(CCCSc1ccccc1)Nc1ccc(S(=O)(=O)N2CCCC2)cc1. The predicted molar refractivity (Wildman–Crippen MR) is 109 cm³/mol. The minimum absolute atomic E-state index is 0.0567. The van der Waals surface area contributed by atoms with Gasteiger partial charge in [0.25, 0.3) is 0 Å². The van der Waals surface area contributed by atoms with E-state index in [4.69, 9.17) is 0 Å². The smallest absolute Gasteiger partial charge is 0.243 e. The van der Waals surface area contributed by atoms with Crippen molar-refractivity contribution in [2.45, 2.75) is 35.5 Å². The highest BCUT2D eigenvalue weighted by molar-refractivity contribution is 7.99. The molecule has 0 aliphatic carbocycles. The van der Waals surface area contributed by atoms with Crippen LogP contribution in [0.5, 0.6) is 0 Å². The van der Waals surface area contributed by atoms with Crippen molar-refractivity contribution in [1.29, 1.82) is 0 Å². The number of carbonyl (C=O) groups excluding carboxylic acids is 1. The van der Waals surface area contributed by atoms with Crippen molar-refractivity contribution in [3.8, 4) is 0 Å². The van der Waals surface area contributed by atoms with Crippen molar-refractivity contribution in [3.63, 3.8) is 0 Å². The first-order valence-electron chi connectivity index (χ1n) is 9.14. The lowest BCUT2D eigenvalue weighted by molar-refractivity contribution is -0.116. The summed E-state index contributed by atoms with van der Waals surface area (Å²) in [5.74, 6) is 0.823. The molecule has 1 fully saturated rings. The number of thioether (sulfide) groups is 1. The third kappa shape index (κ3) is 5.57. The highest BCUT2D eigenvalue weighted by Crippen LogP contribution is 2.22. The van der Waals surface area contributed by atoms with E-state index in [0.29, 0.717) is 25.2 Å². The number of rotatable bonds is 8. The molecule has 1 aliphatic heterocycles. The standard InChI is InChI=1S/C20H24N2O3S2/c23-20(9-6-16-26-18-7-2-1-3-8-18)21-17-10-12-19(13-11-17)27(24,25)22-14-4-5-15-22/h1-3,7-8,10-13H,4-6,9,14-16H2,(H,21,23). The van der Waals surface area contributed by atoms with Crippen LogP contribution in [0.3, 0.4) is 0 Å². The second kappa shape index (κ2) is 9.39. The van der Waals surface area contributed by atoms with Gasteiger partial charge in [0, 0.05) is 30.1 Å². The van der Waals surface area contributed by atoms with Crippen LogP contribution < -0.4 is 5.32 Å². The minimum atomic E-state index is -3.41. The lowest BCUT2D eigenvalue weighted by Gasteiger charge is -2.15. The summed E-state index contributed by atoms with van der Waals surface area (Å²) >= 11 is 1.73. The van der Waals surface area contributed by atoms with Crippen LogP contribution in [0.25, 0.3) is 0 Å². The molecule has 144 valence electrons. The summed E-state index contributed by atoms with van der Waals surface area (Å²) in [6.45, 7) is 1.17. The molecular weight excluding hydrogens is 380 g/mol. The Morgan fingerprint density at radius 2 is 1.67 bits per heavy atom. The Morgan fingerprint density at radius 1 is 1.00 bits per heavy atom. The van der Waals surface area contributed by atoms with Gasteiger partial charge in [-0.1, -0.05) is 18.2 Å². The zero-order valence-electron chi connectivity index (χ0n) is 15.1. The summed E-state index contributed by atoms with van der Waals surface area (Å²) in [4.78, 5) is 13.5. The van der Waals surface area contributed by atoms with E-state index in [0.717, 1.165) is 25.0 Å². The van der Waals surface area contributed by atoms with E-state index in [9.17, 15) is 13.2 Å². The second-order valence-corrected chi connectivity index (χ2v) is 9.56. The van der Waals surface area contributed by atoms with Crippen molar-refractivity contribution < 1.29 is 13.2 Å². The molecule has 0 radical (unpaired) electrons. The average Bonchev–Trinajstić information content (AvgIpc) is 3.22. The van der Waals surface area contributed by atoms with Crippen LogP contribution >= 0.6 is 11.8 Å². The van der Waals surface area contributed by atoms with Crippen LogP contribution in [0.15, 0.2) is 64.4 Å². The lowest BCUT2D eigenvalue weighted by atomic mass is 10.3. The van der Waals surface area contributed by atoms with Gasteiger partial charge in [0.1, 0.15) is 0 Å². The Bertz CT molecular complexity index is 847. The van der Waals surface area contributed by atoms with Gasteiger partial charge < -0.3 is 5.32 Å². The number of sulfonamides is 1. The molecule has 0 saturated carbocycles. The van der Waals surface area contributed by atoms with Crippen molar-refractivity contribution in [2.24, 2.45) is 0 Å². The van der Waals surface area contributed by atoms with Crippen LogP contribution in [-0.2, 0) is 14.8 Å². The molecule has 1 amide bonds. The van der Waals surface area contributed by atoms with Crippen LogP contribution in [0.4, 0.5) is 5.69 Å². The molecule has 27 heavy (non-hydrogen) atoms. The molecule has 1 aliphatic rings. The first kappa shape index (κ1) is 19.9. The van der Waals surface area contributed by atoms with Crippen molar-refractivity contribution in [1.82, 2.24) is 4.31 Å². The predicted octanol–water partition coefficient (Wildman–Crippen LogP) is 3.98. The highest BCUT2D eigenvalue weighted by atomic mass is 32.2. The van der Waals surface area contributed by atoms with E-state index in [1.807, 2.05) is 18.2 Å². The molecule has 0 aromatic heterocycles. The number of anilines is 1. The number of nitrogens with one attached hydrogen (secondary N) is 1. The van der Waals surface area contributed by atoms with E-state index >= 15 is 0 Å². The summed E-state index contributed by atoms with van der Waals surface area (Å²) in [6.07, 6.45) is 3.05. The van der Waals surface area contributed by atoms with Gasteiger partial charge in [-0.2, -0.15) is 4.31 Å². The van der Waals surface area contributed by atoms with Gasteiger partial charge >= 0.3 is 0 Å². The number of amides is 1. The Balaban J connectivity index is 1.45. The molecule has 0 atom stereocenters. The number of hydrogen-bond donors (Lipinski definition) is 1. The maximum Gasteiger partial charge on any atom is 0.243 e. The zero-order valence-corrected chi connectivity index (χ0v) is 16.8. The van der Waals surface area contributed by atoms with Crippen molar-refractivity contribution in [3.05, 3.63) is 54.6 Å². The minimum Gasteiger partial charge on any atom is -0.326 e. The molecule has 0 bridgehead atoms. The molecule has 1 heterocycles. The average molecular weight is 405 g/mol. The third-order valence-corrected chi connectivity index (χ3v) is 7.41. The van der Waals surface area contributed by atoms with E-state index in [1.54, 1.807) is 36.0 Å². The number of hydrogen-bond acceptors (Lipinski definition) is 4. The van der Waals surface area contributed by atoms with Crippen LogP contribution in [0, 0.1) is 0 Å². The molecule has 1 N–H and O–H groups in total. The van der Waals surface area contributed by atoms with Gasteiger partial charge in [-0.3, -0.25) is 4.79 Å². The fourth-order valence-electron chi connectivity index (χ4n) is 2.95. The van der Waals surface area contributed by atoms with Crippen LogP contribution in [-0.4, -0.2) is 37.5 Å². The number of nitrogens with zero attached hydrogens (tertiary/aromatic N) is 1. The molecule has 7 heteroatoms. The topological polar surface area (TPSA) is 66.5 Å². The van der Waals surface area contributed by atoms with Gasteiger partial charge in [0.15, 0.2) is 0 Å². The maximum absolute atomic E-state index is 12.5. The number of benzene rings is 2. The van der Waals surface area contributed by atoms with Crippen LogP contribution in [0.2, 0.25) is 0 Å². The summed E-state index contributed by atoms with van der Waals surface area (Å²) < 4.78 is 26.5. The second-order valence-electron chi connectivity index (χ2n) is 6.45. The molecule has 3 rings (SSSR count). The monoisotopic (exact) mass is 404 g/mol. The fraction of sp³-hybridized carbons (Fsp3) is 0.350. The van der Waals surface area contributed by atoms with Crippen molar-refractivity contribution in [2.75, 3.05) is 24.2 Å². The zero-order chi connectivity index (χ0) is 19.1. The quantitative estimate of drug-likeness (QED) is 0.534. The van der Waals surface area contributed by atoms with Gasteiger partial charge in [-0.25, -0.2) is 8.42 Å². The fourth-order valence-corrected chi connectivity index (χ4v) is 5.34. The molecule has 0 spiro atoms. The van der Waals surface area contributed by atoms with Gasteiger partial charge in [-0.15, -0.1) is 11.8 Å². The van der Waals surface area contributed by atoms with E-state index in [2.05, 4.69) is 17.4 Å². The Labute approximate surface area is 165 Å². The van der Waals surface area contributed by atoms with E-state index in [-0.39, 0.29) is 10.8 Å². The Hall–Kier alpha value is -1.83. The maximum atomic E-state index is 12.5. The van der Waals surface area contributed by atoms with Crippen molar-refractivity contribution >= 4 is 33.4 Å². The van der Waals surface area contributed by atoms with Gasteiger partial charge in [-0.05, 0) is 61.4 Å². The first-order valence-corrected chi connectivity index (χ1v) is 11.6. The summed E-state index contributed by atoms with van der Waals surface area (Å²) in [5.41, 5.74) is 0.621. The van der Waals surface area contributed by atoms with E-state index < -0.39 is 10.0 Å². The third-order valence-electron chi connectivity index (χ3n) is 4.40. The molecular formula is C20H24N2O3S2. The largest absolute Gasteiger partial charge is 0.326 e. The first-order chi connectivity index (χ1) is 13.1. The summed E-state index contributed by atoms with van der Waals surface area (Å²) in [7, 11) is -3.41. The summed E-state index contributed by atoms with van der Waals surface area (Å²) in [5, 5.41) is 2.83. The van der Waals surface area contributed by atoms with Crippen LogP contribution in [0.1, 0.15) is 25.7 Å². The highest BCUT2D eigenvalue weighted by Gasteiger charge is 2.26. The summed E-state index contributed by atoms with van der Waals surface area (Å²) in [6, 6.07) is 16.5. The van der Waals surface area contributed by atoms with Gasteiger partial charge in [0.2, 0.25) is 15.9 Å².